The van der Waals surface area contributed by atoms with Crippen molar-refractivity contribution in [2.45, 2.75) is 39.0 Å². The Morgan fingerprint density at radius 2 is 1.88 bits per heavy atom. The quantitative estimate of drug-likeness (QED) is 0.854. The molecule has 6 nitrogen and oxygen atoms in total. The SMILES string of the molecule is CC#Cc1cc(F)c(-c2c(O)n3n(c2=O)CCC(OC)CC3)c(OC)c1. The smallest absolute Gasteiger partial charge is 0.278 e. The maximum atomic E-state index is 14.8. The first-order chi connectivity index (χ1) is 12.5. The van der Waals surface area contributed by atoms with E-state index < -0.39 is 11.4 Å². The average molecular weight is 360 g/mol. The van der Waals surface area contributed by atoms with Crippen LogP contribution in [0.15, 0.2) is 16.9 Å². The summed E-state index contributed by atoms with van der Waals surface area (Å²) in [6, 6.07) is 2.80. The Bertz CT molecular complexity index is 949. The highest BCUT2D eigenvalue weighted by Crippen LogP contribution is 2.37. The molecule has 1 unspecified atom stereocenters. The molecule has 0 saturated carbocycles. The van der Waals surface area contributed by atoms with Crippen LogP contribution in [0.2, 0.25) is 0 Å². The lowest BCUT2D eigenvalue weighted by molar-refractivity contribution is 0.0873. The van der Waals surface area contributed by atoms with E-state index in [2.05, 4.69) is 11.8 Å². The van der Waals surface area contributed by atoms with Crippen LogP contribution in [-0.4, -0.2) is 34.8 Å². The Hall–Kier alpha value is -2.72. The fraction of sp³-hybridized carbons (Fsp3) is 0.421. The van der Waals surface area contributed by atoms with Gasteiger partial charge in [0, 0.05) is 25.8 Å². The number of methoxy groups -OCH3 is 2. The van der Waals surface area contributed by atoms with E-state index in [-0.39, 0.29) is 28.9 Å². The van der Waals surface area contributed by atoms with Crippen molar-refractivity contribution >= 4 is 0 Å². The molecule has 1 aromatic carbocycles. The zero-order valence-corrected chi connectivity index (χ0v) is 15.0. The molecule has 1 aromatic heterocycles. The highest BCUT2D eigenvalue weighted by molar-refractivity contribution is 5.75. The second-order valence-corrected chi connectivity index (χ2v) is 6.10. The van der Waals surface area contributed by atoms with Crippen LogP contribution in [0.5, 0.6) is 11.6 Å². The number of rotatable bonds is 3. The normalized spacial score (nSPS) is 16.4. The number of nitrogens with zero attached hydrogens (tertiary/aromatic N) is 2. The van der Waals surface area contributed by atoms with Crippen LogP contribution in [-0.2, 0) is 17.8 Å². The first-order valence-electron chi connectivity index (χ1n) is 8.37. The fourth-order valence-electron chi connectivity index (χ4n) is 3.36. The predicted octanol–water partition coefficient (Wildman–Crippen LogP) is 2.35. The van der Waals surface area contributed by atoms with Gasteiger partial charge in [0.15, 0.2) is 0 Å². The van der Waals surface area contributed by atoms with Crippen molar-refractivity contribution in [1.29, 1.82) is 0 Å². The summed E-state index contributed by atoms with van der Waals surface area (Å²) >= 11 is 0. The molecule has 0 bridgehead atoms. The minimum atomic E-state index is -0.661. The molecule has 26 heavy (non-hydrogen) atoms. The van der Waals surface area contributed by atoms with Crippen molar-refractivity contribution in [3.05, 3.63) is 33.9 Å². The highest BCUT2D eigenvalue weighted by atomic mass is 19.1. The summed E-state index contributed by atoms with van der Waals surface area (Å²) in [5, 5.41) is 10.7. The minimum absolute atomic E-state index is 0.0165. The Morgan fingerprint density at radius 3 is 2.50 bits per heavy atom. The largest absolute Gasteiger partial charge is 0.496 e. The van der Waals surface area contributed by atoms with Crippen LogP contribution in [0.4, 0.5) is 4.39 Å². The van der Waals surface area contributed by atoms with Crippen molar-refractivity contribution in [3.63, 3.8) is 0 Å². The van der Waals surface area contributed by atoms with Gasteiger partial charge in [-0.15, -0.1) is 5.92 Å². The third-order valence-electron chi connectivity index (χ3n) is 4.66. The second kappa shape index (κ2) is 7.26. The molecule has 0 aliphatic carbocycles. The monoisotopic (exact) mass is 360 g/mol. The van der Waals surface area contributed by atoms with Gasteiger partial charge in [0.1, 0.15) is 17.1 Å². The number of aromatic hydroxyl groups is 1. The number of aromatic nitrogens is 2. The summed E-state index contributed by atoms with van der Waals surface area (Å²) in [5.41, 5.74) is -0.154. The lowest BCUT2D eigenvalue weighted by atomic mass is 10.0. The van der Waals surface area contributed by atoms with Gasteiger partial charge in [-0.1, -0.05) is 5.92 Å². The van der Waals surface area contributed by atoms with Gasteiger partial charge in [-0.3, -0.25) is 9.48 Å². The summed E-state index contributed by atoms with van der Waals surface area (Å²) < 4.78 is 28.3. The lowest BCUT2D eigenvalue weighted by Crippen LogP contribution is -2.22. The first-order valence-corrected chi connectivity index (χ1v) is 8.37. The van der Waals surface area contributed by atoms with Crippen molar-refractivity contribution in [3.8, 4) is 34.6 Å². The fourth-order valence-corrected chi connectivity index (χ4v) is 3.36. The van der Waals surface area contributed by atoms with E-state index in [1.165, 1.54) is 22.5 Å². The summed E-state index contributed by atoms with van der Waals surface area (Å²) in [7, 11) is 3.01. The Morgan fingerprint density at radius 1 is 1.19 bits per heavy atom. The molecule has 0 saturated heterocycles. The molecule has 3 rings (SSSR count). The number of hydrogen-bond acceptors (Lipinski definition) is 4. The van der Waals surface area contributed by atoms with E-state index in [0.717, 1.165) is 0 Å². The number of benzene rings is 1. The van der Waals surface area contributed by atoms with E-state index in [9.17, 15) is 14.3 Å². The molecule has 1 aliphatic heterocycles. The second-order valence-electron chi connectivity index (χ2n) is 6.10. The van der Waals surface area contributed by atoms with Crippen molar-refractivity contribution in [1.82, 2.24) is 9.36 Å². The first kappa shape index (κ1) is 18.1. The van der Waals surface area contributed by atoms with Gasteiger partial charge in [-0.05, 0) is 31.9 Å². The molecule has 7 heteroatoms. The number of hydrogen-bond donors (Lipinski definition) is 1. The summed E-state index contributed by atoms with van der Waals surface area (Å²) in [4.78, 5) is 12.9. The molecule has 0 radical (unpaired) electrons. The third kappa shape index (κ3) is 2.97. The van der Waals surface area contributed by atoms with Gasteiger partial charge >= 0.3 is 0 Å². The third-order valence-corrected chi connectivity index (χ3v) is 4.66. The van der Waals surface area contributed by atoms with Gasteiger partial charge in [0.2, 0.25) is 5.88 Å². The topological polar surface area (TPSA) is 65.6 Å². The summed E-state index contributed by atoms with van der Waals surface area (Å²) in [6.45, 7) is 2.44. The van der Waals surface area contributed by atoms with Crippen LogP contribution < -0.4 is 10.3 Å². The van der Waals surface area contributed by atoms with Gasteiger partial charge in [0.25, 0.3) is 5.56 Å². The maximum Gasteiger partial charge on any atom is 0.278 e. The van der Waals surface area contributed by atoms with E-state index in [0.29, 0.717) is 31.5 Å². The van der Waals surface area contributed by atoms with Gasteiger partial charge in [-0.2, -0.15) is 0 Å². The minimum Gasteiger partial charge on any atom is -0.496 e. The predicted molar refractivity (Wildman–Crippen MR) is 94.9 cm³/mol. The molecule has 2 aromatic rings. The summed E-state index contributed by atoms with van der Waals surface area (Å²) in [5.74, 6) is 4.69. The van der Waals surface area contributed by atoms with Gasteiger partial charge in [0.05, 0.1) is 18.8 Å². The molecule has 2 heterocycles. The van der Waals surface area contributed by atoms with Crippen LogP contribution >= 0.6 is 0 Å². The molecule has 0 amide bonds. The highest BCUT2D eigenvalue weighted by Gasteiger charge is 2.28. The Balaban J connectivity index is 2.18. The zero-order chi connectivity index (χ0) is 18.8. The zero-order valence-electron chi connectivity index (χ0n) is 15.0. The van der Waals surface area contributed by atoms with E-state index >= 15 is 0 Å². The molecule has 0 fully saturated rings. The molecule has 0 spiro atoms. The van der Waals surface area contributed by atoms with Crippen molar-refractivity contribution in [2.24, 2.45) is 0 Å². The summed E-state index contributed by atoms with van der Waals surface area (Å²) in [6.07, 6.45) is 1.31. The Kier molecular flexibility index (Phi) is 5.05. The van der Waals surface area contributed by atoms with Crippen LogP contribution in [0.1, 0.15) is 25.3 Å². The number of ether oxygens (including phenoxy) is 2. The van der Waals surface area contributed by atoms with Crippen molar-refractivity contribution in [2.75, 3.05) is 14.2 Å². The molecular formula is C19H21FN2O4. The van der Waals surface area contributed by atoms with Gasteiger partial charge < -0.3 is 14.6 Å². The van der Waals surface area contributed by atoms with Gasteiger partial charge in [-0.25, -0.2) is 9.07 Å². The van der Waals surface area contributed by atoms with E-state index in [1.54, 1.807) is 20.1 Å². The van der Waals surface area contributed by atoms with Crippen LogP contribution in [0.3, 0.4) is 0 Å². The van der Waals surface area contributed by atoms with Crippen LogP contribution in [0.25, 0.3) is 11.1 Å². The molecular weight excluding hydrogens is 339 g/mol. The standard InChI is InChI=1S/C19H21FN2O4/c1-4-5-12-10-14(20)16(15(11-12)26-3)17-18(23)21-8-6-13(25-2)7-9-22(21)19(17)24/h10-11,13,23H,6-9H2,1-3H3. The average Bonchev–Trinajstić information content (AvgIpc) is 2.79. The lowest BCUT2D eigenvalue weighted by Gasteiger charge is -2.11. The number of fused-ring (bicyclic) bond motifs is 1. The molecule has 1 atom stereocenters. The van der Waals surface area contributed by atoms with E-state index in [1.807, 2.05) is 0 Å². The molecule has 1 aliphatic rings. The molecule has 1 N–H and O–H groups in total. The van der Waals surface area contributed by atoms with Crippen molar-refractivity contribution < 1.29 is 19.0 Å². The maximum absolute atomic E-state index is 14.8. The molecule has 138 valence electrons. The van der Waals surface area contributed by atoms with E-state index in [4.69, 9.17) is 9.47 Å². The Labute approximate surface area is 150 Å². The van der Waals surface area contributed by atoms with Crippen LogP contribution in [0, 0.1) is 17.7 Å². The number of halogens is 1.